The normalized spacial score (nSPS) is 14.0. The third-order valence-corrected chi connectivity index (χ3v) is 2.40. The lowest BCUT2D eigenvalue weighted by Gasteiger charge is -2.09. The molecular formula is C12H17FN2. The molecule has 0 aliphatic rings. The Bertz CT molecular complexity index is 372. The molecule has 0 aromatic heterocycles. The molecule has 2 nitrogen and oxygen atoms in total. The summed E-state index contributed by atoms with van der Waals surface area (Å²) in [4.78, 5) is 4.26. The smallest absolute Gasteiger partial charge is 0.126 e. The van der Waals surface area contributed by atoms with Crippen LogP contribution in [0.3, 0.4) is 0 Å². The average Bonchev–Trinajstić information content (AvgIpc) is 2.21. The minimum Gasteiger partial charge on any atom is -0.387 e. The van der Waals surface area contributed by atoms with Gasteiger partial charge in [0.25, 0.3) is 0 Å². The Morgan fingerprint density at radius 2 is 2.20 bits per heavy atom. The fraction of sp³-hybridized carbons (Fsp3) is 0.417. The lowest BCUT2D eigenvalue weighted by molar-refractivity contribution is 0.613. The highest BCUT2D eigenvalue weighted by molar-refractivity contribution is 5.80. The van der Waals surface area contributed by atoms with E-state index in [-0.39, 0.29) is 11.9 Å². The highest BCUT2D eigenvalue weighted by Crippen LogP contribution is 2.19. The average molecular weight is 208 g/mol. The monoisotopic (exact) mass is 208 g/mol. The summed E-state index contributed by atoms with van der Waals surface area (Å²) in [7, 11) is 0. The minimum atomic E-state index is -0.190. The Hall–Kier alpha value is -1.38. The van der Waals surface area contributed by atoms with Crippen LogP contribution in [0.15, 0.2) is 23.2 Å². The number of rotatable bonds is 3. The van der Waals surface area contributed by atoms with Gasteiger partial charge in [-0.1, -0.05) is 19.1 Å². The number of amidine groups is 1. The molecule has 0 saturated heterocycles. The predicted octanol–water partition coefficient (Wildman–Crippen LogP) is 2.96. The van der Waals surface area contributed by atoms with Gasteiger partial charge >= 0.3 is 0 Å². The van der Waals surface area contributed by atoms with E-state index < -0.39 is 0 Å². The number of halogens is 1. The van der Waals surface area contributed by atoms with Crippen molar-refractivity contribution in [1.29, 1.82) is 0 Å². The zero-order valence-corrected chi connectivity index (χ0v) is 9.42. The highest BCUT2D eigenvalue weighted by atomic mass is 19.1. The Labute approximate surface area is 90.0 Å². The second kappa shape index (κ2) is 4.91. The molecule has 1 atom stereocenters. The number of hydrogen-bond acceptors (Lipinski definition) is 1. The number of aryl methyl sites for hydroxylation is 1. The molecule has 2 N–H and O–H groups in total. The third kappa shape index (κ3) is 3.05. The molecule has 1 rings (SSSR count). The number of hydrogen-bond donors (Lipinski definition) is 1. The molecule has 0 aliphatic heterocycles. The van der Waals surface area contributed by atoms with Crippen LogP contribution >= 0.6 is 0 Å². The van der Waals surface area contributed by atoms with Gasteiger partial charge in [0.1, 0.15) is 5.82 Å². The van der Waals surface area contributed by atoms with Crippen LogP contribution in [0.4, 0.5) is 4.39 Å². The van der Waals surface area contributed by atoms with Crippen LogP contribution in [0.1, 0.15) is 37.4 Å². The van der Waals surface area contributed by atoms with Crippen LogP contribution in [0.25, 0.3) is 0 Å². The van der Waals surface area contributed by atoms with Crippen molar-refractivity contribution in [3.05, 3.63) is 35.1 Å². The van der Waals surface area contributed by atoms with Gasteiger partial charge in [-0.05, 0) is 31.0 Å². The maximum absolute atomic E-state index is 13.3. The molecule has 0 saturated carbocycles. The van der Waals surface area contributed by atoms with E-state index >= 15 is 0 Å². The summed E-state index contributed by atoms with van der Waals surface area (Å²) in [6.45, 7) is 5.60. The number of aliphatic imine (C=N–C) groups is 1. The molecule has 0 aliphatic carbocycles. The SMILES string of the molecule is CCC(N)=NC(C)c1ccc(C)c(F)c1. The van der Waals surface area contributed by atoms with Crippen molar-refractivity contribution in [2.24, 2.45) is 10.7 Å². The second-order valence-corrected chi connectivity index (χ2v) is 3.66. The molecule has 0 spiro atoms. The molecular weight excluding hydrogens is 191 g/mol. The maximum Gasteiger partial charge on any atom is 0.126 e. The van der Waals surface area contributed by atoms with E-state index in [1.807, 2.05) is 19.9 Å². The first-order valence-corrected chi connectivity index (χ1v) is 5.12. The van der Waals surface area contributed by atoms with Crippen molar-refractivity contribution in [3.8, 4) is 0 Å². The van der Waals surface area contributed by atoms with Gasteiger partial charge in [0, 0.05) is 6.42 Å². The van der Waals surface area contributed by atoms with E-state index in [1.165, 1.54) is 6.07 Å². The summed E-state index contributed by atoms with van der Waals surface area (Å²) >= 11 is 0. The fourth-order valence-corrected chi connectivity index (χ4v) is 1.28. The van der Waals surface area contributed by atoms with E-state index in [2.05, 4.69) is 4.99 Å². The van der Waals surface area contributed by atoms with Gasteiger partial charge in [-0.15, -0.1) is 0 Å². The van der Waals surface area contributed by atoms with Crippen molar-refractivity contribution < 1.29 is 4.39 Å². The third-order valence-electron chi connectivity index (χ3n) is 2.40. The van der Waals surface area contributed by atoms with E-state index in [9.17, 15) is 4.39 Å². The van der Waals surface area contributed by atoms with Gasteiger partial charge < -0.3 is 5.73 Å². The Balaban J connectivity index is 2.92. The van der Waals surface area contributed by atoms with E-state index in [0.717, 1.165) is 12.0 Å². The molecule has 3 heteroatoms. The zero-order chi connectivity index (χ0) is 11.4. The summed E-state index contributed by atoms with van der Waals surface area (Å²) < 4.78 is 13.3. The van der Waals surface area contributed by atoms with Crippen molar-refractivity contribution in [3.63, 3.8) is 0 Å². The maximum atomic E-state index is 13.3. The fourth-order valence-electron chi connectivity index (χ4n) is 1.28. The first kappa shape index (κ1) is 11.7. The molecule has 0 radical (unpaired) electrons. The highest BCUT2D eigenvalue weighted by Gasteiger charge is 2.06. The standard InChI is InChI=1S/C12H17FN2/c1-4-12(14)15-9(3)10-6-5-8(2)11(13)7-10/h5-7,9H,4H2,1-3H3,(H2,14,15). The lowest BCUT2D eigenvalue weighted by atomic mass is 10.1. The molecule has 0 fully saturated rings. The van der Waals surface area contributed by atoms with Crippen molar-refractivity contribution >= 4 is 5.84 Å². The van der Waals surface area contributed by atoms with Gasteiger partial charge in [0.2, 0.25) is 0 Å². The van der Waals surface area contributed by atoms with Crippen LogP contribution in [-0.4, -0.2) is 5.84 Å². The van der Waals surface area contributed by atoms with E-state index in [4.69, 9.17) is 5.73 Å². The molecule has 0 bridgehead atoms. The topological polar surface area (TPSA) is 38.4 Å². The Morgan fingerprint density at radius 1 is 1.53 bits per heavy atom. The molecule has 0 amide bonds. The van der Waals surface area contributed by atoms with Gasteiger partial charge in [0.15, 0.2) is 0 Å². The van der Waals surface area contributed by atoms with E-state index in [1.54, 1.807) is 13.0 Å². The molecule has 1 aromatic carbocycles. The molecule has 1 aromatic rings. The van der Waals surface area contributed by atoms with E-state index in [0.29, 0.717) is 11.4 Å². The van der Waals surface area contributed by atoms with Crippen molar-refractivity contribution in [2.45, 2.75) is 33.2 Å². The lowest BCUT2D eigenvalue weighted by Crippen LogP contribution is -2.11. The van der Waals surface area contributed by atoms with Gasteiger partial charge in [-0.3, -0.25) is 4.99 Å². The number of benzene rings is 1. The molecule has 1 unspecified atom stereocenters. The van der Waals surface area contributed by atoms with Gasteiger partial charge in [-0.25, -0.2) is 4.39 Å². The van der Waals surface area contributed by atoms with Crippen LogP contribution < -0.4 is 5.73 Å². The summed E-state index contributed by atoms with van der Waals surface area (Å²) in [6, 6.07) is 5.08. The van der Waals surface area contributed by atoms with Gasteiger partial charge in [0.05, 0.1) is 11.9 Å². The van der Waals surface area contributed by atoms with Crippen LogP contribution in [0, 0.1) is 12.7 Å². The van der Waals surface area contributed by atoms with Crippen molar-refractivity contribution in [2.75, 3.05) is 0 Å². The summed E-state index contributed by atoms with van der Waals surface area (Å²) in [5, 5.41) is 0. The first-order chi connectivity index (χ1) is 7.04. The Kier molecular flexibility index (Phi) is 3.83. The summed E-state index contributed by atoms with van der Waals surface area (Å²) in [6.07, 6.45) is 0.721. The molecule has 15 heavy (non-hydrogen) atoms. The predicted molar refractivity (Wildman–Crippen MR) is 61.5 cm³/mol. The molecule has 82 valence electrons. The van der Waals surface area contributed by atoms with Crippen molar-refractivity contribution in [1.82, 2.24) is 0 Å². The minimum absolute atomic E-state index is 0.0833. The number of nitrogens with zero attached hydrogens (tertiary/aromatic N) is 1. The largest absolute Gasteiger partial charge is 0.387 e. The molecule has 0 heterocycles. The first-order valence-electron chi connectivity index (χ1n) is 5.12. The number of nitrogens with two attached hydrogens (primary N) is 1. The quantitative estimate of drug-likeness (QED) is 0.602. The summed E-state index contributed by atoms with van der Waals surface area (Å²) in [5.41, 5.74) is 7.14. The summed E-state index contributed by atoms with van der Waals surface area (Å²) in [5.74, 6) is 0.410. The van der Waals surface area contributed by atoms with Crippen LogP contribution in [-0.2, 0) is 0 Å². The van der Waals surface area contributed by atoms with Crippen LogP contribution in [0.5, 0.6) is 0 Å². The van der Waals surface area contributed by atoms with Gasteiger partial charge in [-0.2, -0.15) is 0 Å². The zero-order valence-electron chi connectivity index (χ0n) is 9.42. The van der Waals surface area contributed by atoms with Crippen LogP contribution in [0.2, 0.25) is 0 Å². The second-order valence-electron chi connectivity index (χ2n) is 3.66. The Morgan fingerprint density at radius 3 is 2.73 bits per heavy atom.